The first-order valence-corrected chi connectivity index (χ1v) is 7.02. The summed E-state index contributed by atoms with van der Waals surface area (Å²) in [5.74, 6) is 0. The highest BCUT2D eigenvalue weighted by Crippen LogP contribution is 2.11. The van der Waals surface area contributed by atoms with Gasteiger partial charge in [0.2, 0.25) is 0 Å². The Morgan fingerprint density at radius 1 is 0.600 bits per heavy atom. The minimum atomic E-state index is 1.32. The van der Waals surface area contributed by atoms with Gasteiger partial charge in [-0.25, -0.2) is 0 Å². The summed E-state index contributed by atoms with van der Waals surface area (Å²) in [7, 11) is 2.46. The SMILES string of the molecule is CCCCC[N+](C)(CCCC)CCCC. The second-order valence-corrected chi connectivity index (χ2v) is 5.20. The molecule has 0 spiro atoms. The van der Waals surface area contributed by atoms with Gasteiger partial charge in [-0.05, 0) is 25.7 Å². The Kier molecular flexibility index (Phi) is 9.18. The zero-order chi connectivity index (χ0) is 11.6. The van der Waals surface area contributed by atoms with Crippen LogP contribution in [0.5, 0.6) is 0 Å². The van der Waals surface area contributed by atoms with Gasteiger partial charge in [-0.1, -0.05) is 40.0 Å². The molecule has 0 rings (SSSR count). The van der Waals surface area contributed by atoms with Gasteiger partial charge in [0.1, 0.15) is 0 Å². The monoisotopic (exact) mass is 214 g/mol. The Balaban J connectivity index is 3.89. The van der Waals surface area contributed by atoms with E-state index in [1.54, 1.807) is 0 Å². The van der Waals surface area contributed by atoms with Crippen molar-refractivity contribution in [3.63, 3.8) is 0 Å². The Morgan fingerprint density at radius 3 is 1.40 bits per heavy atom. The van der Waals surface area contributed by atoms with Crippen molar-refractivity contribution in [2.75, 3.05) is 26.7 Å². The van der Waals surface area contributed by atoms with Gasteiger partial charge in [-0.15, -0.1) is 0 Å². The van der Waals surface area contributed by atoms with E-state index in [9.17, 15) is 0 Å². The Labute approximate surface area is 97.5 Å². The van der Waals surface area contributed by atoms with Gasteiger partial charge in [-0.3, -0.25) is 0 Å². The van der Waals surface area contributed by atoms with E-state index in [0.29, 0.717) is 0 Å². The molecule has 0 aromatic rings. The molecule has 1 nitrogen and oxygen atoms in total. The third-order valence-corrected chi connectivity index (χ3v) is 3.40. The fourth-order valence-electron chi connectivity index (χ4n) is 2.16. The zero-order valence-corrected chi connectivity index (χ0v) is 11.5. The molecule has 0 aliphatic carbocycles. The maximum absolute atomic E-state index is 2.46. The first kappa shape index (κ1) is 15.0. The van der Waals surface area contributed by atoms with Crippen LogP contribution in [0, 0.1) is 0 Å². The molecule has 0 atom stereocenters. The smallest absolute Gasteiger partial charge is 0.0784 e. The summed E-state index contributed by atoms with van der Waals surface area (Å²) in [4.78, 5) is 0. The minimum absolute atomic E-state index is 1.32. The third-order valence-electron chi connectivity index (χ3n) is 3.40. The second-order valence-electron chi connectivity index (χ2n) is 5.20. The summed E-state index contributed by atoms with van der Waals surface area (Å²) >= 11 is 0. The number of hydrogen-bond acceptors (Lipinski definition) is 0. The van der Waals surface area contributed by atoms with Gasteiger partial charge < -0.3 is 4.48 Å². The van der Waals surface area contributed by atoms with Crippen LogP contribution in [0.3, 0.4) is 0 Å². The van der Waals surface area contributed by atoms with Gasteiger partial charge in [0.05, 0.1) is 26.7 Å². The average molecular weight is 214 g/mol. The van der Waals surface area contributed by atoms with E-state index < -0.39 is 0 Å². The Bertz CT molecular complexity index is 123. The minimum Gasteiger partial charge on any atom is -0.326 e. The molecule has 1 heteroatoms. The van der Waals surface area contributed by atoms with Crippen molar-refractivity contribution < 1.29 is 4.48 Å². The number of rotatable bonds is 10. The van der Waals surface area contributed by atoms with Gasteiger partial charge in [0.25, 0.3) is 0 Å². The third kappa shape index (κ3) is 7.84. The van der Waals surface area contributed by atoms with Crippen LogP contribution in [0.25, 0.3) is 0 Å². The van der Waals surface area contributed by atoms with Crippen molar-refractivity contribution in [2.24, 2.45) is 0 Å². The maximum Gasteiger partial charge on any atom is 0.0784 e. The van der Waals surface area contributed by atoms with Crippen LogP contribution in [0.15, 0.2) is 0 Å². The summed E-state index contributed by atoms with van der Waals surface area (Å²) in [6.45, 7) is 11.1. The van der Waals surface area contributed by atoms with Gasteiger partial charge in [0.15, 0.2) is 0 Å². The van der Waals surface area contributed by atoms with Crippen molar-refractivity contribution in [1.82, 2.24) is 0 Å². The van der Waals surface area contributed by atoms with E-state index in [1.807, 2.05) is 0 Å². The topological polar surface area (TPSA) is 0 Å². The number of quaternary nitrogens is 1. The van der Waals surface area contributed by atoms with Crippen molar-refractivity contribution in [3.05, 3.63) is 0 Å². The Morgan fingerprint density at radius 2 is 1.00 bits per heavy atom. The molecule has 0 radical (unpaired) electrons. The predicted molar refractivity (Wildman–Crippen MR) is 70.1 cm³/mol. The van der Waals surface area contributed by atoms with E-state index in [-0.39, 0.29) is 0 Å². The average Bonchev–Trinajstić information content (AvgIpc) is 2.24. The Hall–Kier alpha value is -0.0400. The molecule has 0 unspecified atom stereocenters. The number of unbranched alkanes of at least 4 members (excludes halogenated alkanes) is 4. The van der Waals surface area contributed by atoms with Crippen LogP contribution in [-0.4, -0.2) is 31.2 Å². The fourth-order valence-corrected chi connectivity index (χ4v) is 2.16. The van der Waals surface area contributed by atoms with Crippen molar-refractivity contribution in [1.29, 1.82) is 0 Å². The van der Waals surface area contributed by atoms with E-state index in [2.05, 4.69) is 27.8 Å². The zero-order valence-electron chi connectivity index (χ0n) is 11.5. The molecular formula is C14H32N+. The largest absolute Gasteiger partial charge is 0.326 e. The molecule has 0 saturated carbocycles. The van der Waals surface area contributed by atoms with Crippen LogP contribution in [0.2, 0.25) is 0 Å². The summed E-state index contributed by atoms with van der Waals surface area (Å²) in [5.41, 5.74) is 0. The summed E-state index contributed by atoms with van der Waals surface area (Å²) in [6, 6.07) is 0. The van der Waals surface area contributed by atoms with Crippen LogP contribution < -0.4 is 0 Å². The van der Waals surface area contributed by atoms with Crippen LogP contribution >= 0.6 is 0 Å². The molecule has 0 N–H and O–H groups in total. The van der Waals surface area contributed by atoms with Crippen LogP contribution in [-0.2, 0) is 0 Å². The summed E-state index contributed by atoms with van der Waals surface area (Å²) < 4.78 is 1.32. The molecule has 0 aromatic carbocycles. The first-order chi connectivity index (χ1) is 7.18. The quantitative estimate of drug-likeness (QED) is 0.377. The molecule has 0 aliphatic heterocycles. The predicted octanol–water partition coefficient (Wildman–Crippen LogP) is 4.22. The van der Waals surface area contributed by atoms with E-state index >= 15 is 0 Å². The van der Waals surface area contributed by atoms with Gasteiger partial charge in [0, 0.05) is 0 Å². The molecule has 15 heavy (non-hydrogen) atoms. The summed E-state index contributed by atoms with van der Waals surface area (Å²) in [6.07, 6.45) is 9.65. The van der Waals surface area contributed by atoms with Crippen LogP contribution in [0.1, 0.15) is 65.7 Å². The second kappa shape index (κ2) is 9.21. The molecule has 0 bridgehead atoms. The molecule has 92 valence electrons. The lowest BCUT2D eigenvalue weighted by Crippen LogP contribution is -2.46. The lowest BCUT2D eigenvalue weighted by atomic mass is 10.2. The van der Waals surface area contributed by atoms with Crippen LogP contribution in [0.4, 0.5) is 0 Å². The van der Waals surface area contributed by atoms with E-state index in [0.717, 1.165) is 0 Å². The lowest BCUT2D eigenvalue weighted by molar-refractivity contribution is -0.910. The molecule has 0 aliphatic rings. The van der Waals surface area contributed by atoms with Gasteiger partial charge >= 0.3 is 0 Å². The van der Waals surface area contributed by atoms with E-state index in [4.69, 9.17) is 0 Å². The molecule has 0 fully saturated rings. The van der Waals surface area contributed by atoms with Crippen molar-refractivity contribution in [3.8, 4) is 0 Å². The van der Waals surface area contributed by atoms with Crippen molar-refractivity contribution >= 4 is 0 Å². The highest BCUT2D eigenvalue weighted by Gasteiger charge is 2.19. The first-order valence-electron chi connectivity index (χ1n) is 7.02. The molecule has 0 saturated heterocycles. The van der Waals surface area contributed by atoms with Crippen molar-refractivity contribution in [2.45, 2.75) is 65.7 Å². The number of hydrogen-bond donors (Lipinski definition) is 0. The maximum atomic E-state index is 2.46. The standard InChI is InChI=1S/C14H32N/c1-5-8-11-14-15(4,12-9-6-2)13-10-7-3/h5-14H2,1-4H3/q+1. The highest BCUT2D eigenvalue weighted by atomic mass is 15.3. The highest BCUT2D eigenvalue weighted by molar-refractivity contribution is 4.45. The van der Waals surface area contributed by atoms with Gasteiger partial charge in [-0.2, -0.15) is 0 Å². The number of nitrogens with zero attached hydrogens (tertiary/aromatic N) is 1. The normalized spacial score (nSPS) is 12.0. The molecule has 0 heterocycles. The fraction of sp³-hybridized carbons (Fsp3) is 1.00. The van der Waals surface area contributed by atoms with E-state index in [1.165, 1.54) is 69.1 Å². The summed E-state index contributed by atoms with van der Waals surface area (Å²) in [5, 5.41) is 0. The molecule has 0 amide bonds. The lowest BCUT2D eigenvalue weighted by Gasteiger charge is -2.35. The molecule has 0 aromatic heterocycles. The molecular weight excluding hydrogens is 182 g/mol.